The zero-order valence-corrected chi connectivity index (χ0v) is 13.8. The summed E-state index contributed by atoms with van der Waals surface area (Å²) >= 11 is 0. The number of amides is 2. The number of carbonyl (C=O) groups excluding carboxylic acids is 1. The molecule has 7 heteroatoms. The van der Waals surface area contributed by atoms with Crippen molar-refractivity contribution in [3.05, 3.63) is 35.9 Å². The maximum absolute atomic E-state index is 11.3. The third kappa shape index (κ3) is 5.13. The molecule has 132 valence electrons. The smallest absolute Gasteiger partial charge is 0.407 e. The molecule has 0 radical (unpaired) electrons. The van der Waals surface area contributed by atoms with Gasteiger partial charge in [0, 0.05) is 25.6 Å². The lowest BCUT2D eigenvalue weighted by molar-refractivity contribution is -0.0117. The first-order valence-corrected chi connectivity index (χ1v) is 8.08. The normalized spacial score (nSPS) is 18.7. The lowest BCUT2D eigenvalue weighted by Crippen LogP contribution is -2.41. The SMILES string of the molecule is COC(=O)NCCOC(c1ccccc1)C1CCCN(C(=O)O)C1. The van der Waals surface area contributed by atoms with Crippen LogP contribution in [0, 0.1) is 5.92 Å². The Morgan fingerprint density at radius 3 is 2.79 bits per heavy atom. The van der Waals surface area contributed by atoms with Gasteiger partial charge in [0.05, 0.1) is 19.8 Å². The molecular formula is C17H24N2O5. The molecule has 1 fully saturated rings. The predicted octanol–water partition coefficient (Wildman–Crippen LogP) is 2.49. The lowest BCUT2D eigenvalue weighted by atomic mass is 9.88. The van der Waals surface area contributed by atoms with E-state index in [4.69, 9.17) is 4.74 Å². The lowest BCUT2D eigenvalue weighted by Gasteiger charge is -2.35. The molecule has 1 aromatic carbocycles. The Kier molecular flexibility index (Phi) is 6.87. The van der Waals surface area contributed by atoms with Crippen molar-refractivity contribution in [3.63, 3.8) is 0 Å². The van der Waals surface area contributed by atoms with Gasteiger partial charge < -0.3 is 24.8 Å². The van der Waals surface area contributed by atoms with E-state index in [1.807, 2.05) is 30.3 Å². The zero-order valence-electron chi connectivity index (χ0n) is 13.8. The van der Waals surface area contributed by atoms with Crippen LogP contribution in [0.3, 0.4) is 0 Å². The van der Waals surface area contributed by atoms with Crippen molar-refractivity contribution in [2.24, 2.45) is 5.92 Å². The second-order valence-electron chi connectivity index (χ2n) is 5.75. The molecule has 2 unspecified atom stereocenters. The molecule has 0 aromatic heterocycles. The minimum Gasteiger partial charge on any atom is -0.465 e. The standard InChI is InChI=1S/C17H24N2O5/c1-23-16(20)18-9-11-24-15(13-6-3-2-4-7-13)14-8-5-10-19(12-14)17(21)22/h2-4,6-7,14-15H,5,8-12H2,1H3,(H,18,20)(H,21,22). The maximum atomic E-state index is 11.3. The van der Waals surface area contributed by atoms with Crippen molar-refractivity contribution in [1.82, 2.24) is 10.2 Å². The minimum atomic E-state index is -0.890. The molecule has 1 saturated heterocycles. The Hall–Kier alpha value is -2.28. The number of methoxy groups -OCH3 is 1. The summed E-state index contributed by atoms with van der Waals surface area (Å²) < 4.78 is 10.5. The molecule has 0 bridgehead atoms. The maximum Gasteiger partial charge on any atom is 0.407 e. The van der Waals surface area contributed by atoms with Gasteiger partial charge in [-0.2, -0.15) is 0 Å². The number of alkyl carbamates (subject to hydrolysis) is 1. The summed E-state index contributed by atoms with van der Waals surface area (Å²) in [5, 5.41) is 11.8. The number of nitrogens with zero attached hydrogens (tertiary/aromatic N) is 1. The third-order valence-electron chi connectivity index (χ3n) is 4.14. The summed E-state index contributed by atoms with van der Waals surface area (Å²) in [5.74, 6) is 0.0929. The molecule has 1 aliphatic heterocycles. The molecule has 24 heavy (non-hydrogen) atoms. The molecule has 7 nitrogen and oxygen atoms in total. The van der Waals surface area contributed by atoms with E-state index in [9.17, 15) is 14.7 Å². The van der Waals surface area contributed by atoms with Crippen LogP contribution in [0.2, 0.25) is 0 Å². The van der Waals surface area contributed by atoms with Crippen LogP contribution in [0.15, 0.2) is 30.3 Å². The van der Waals surface area contributed by atoms with Crippen LogP contribution in [-0.2, 0) is 9.47 Å². The number of rotatable bonds is 6. The van der Waals surface area contributed by atoms with Gasteiger partial charge in [-0.1, -0.05) is 30.3 Å². The second kappa shape index (κ2) is 9.12. The van der Waals surface area contributed by atoms with Gasteiger partial charge in [0.25, 0.3) is 0 Å². The largest absolute Gasteiger partial charge is 0.465 e. The van der Waals surface area contributed by atoms with Gasteiger partial charge in [-0.3, -0.25) is 0 Å². The third-order valence-corrected chi connectivity index (χ3v) is 4.14. The van der Waals surface area contributed by atoms with Crippen molar-refractivity contribution in [2.45, 2.75) is 18.9 Å². The van der Waals surface area contributed by atoms with Gasteiger partial charge in [-0.15, -0.1) is 0 Å². The summed E-state index contributed by atoms with van der Waals surface area (Å²) in [6.45, 7) is 1.69. The highest BCUT2D eigenvalue weighted by atomic mass is 16.5. The number of benzene rings is 1. The van der Waals surface area contributed by atoms with E-state index in [1.54, 1.807) is 0 Å². The van der Waals surface area contributed by atoms with Crippen LogP contribution in [0.5, 0.6) is 0 Å². The Balaban J connectivity index is 2.00. The van der Waals surface area contributed by atoms with Crippen LogP contribution in [-0.4, -0.2) is 55.5 Å². The van der Waals surface area contributed by atoms with E-state index in [-0.39, 0.29) is 12.0 Å². The van der Waals surface area contributed by atoms with Crippen molar-refractivity contribution in [1.29, 1.82) is 0 Å². The fraction of sp³-hybridized carbons (Fsp3) is 0.529. The summed E-state index contributed by atoms with van der Waals surface area (Å²) in [6.07, 6.45) is 0.147. The van der Waals surface area contributed by atoms with Crippen LogP contribution in [0.4, 0.5) is 9.59 Å². The first-order chi connectivity index (χ1) is 11.6. The van der Waals surface area contributed by atoms with E-state index in [0.29, 0.717) is 26.2 Å². The molecule has 1 heterocycles. The van der Waals surface area contributed by atoms with Crippen molar-refractivity contribution < 1.29 is 24.2 Å². The number of hydrogen-bond acceptors (Lipinski definition) is 4. The second-order valence-corrected chi connectivity index (χ2v) is 5.75. The van der Waals surface area contributed by atoms with Crippen molar-refractivity contribution >= 4 is 12.2 Å². The first kappa shape index (κ1) is 18.1. The van der Waals surface area contributed by atoms with E-state index in [2.05, 4.69) is 10.1 Å². The average molecular weight is 336 g/mol. The summed E-state index contributed by atoms with van der Waals surface area (Å²) in [5.41, 5.74) is 1.02. The average Bonchev–Trinajstić information content (AvgIpc) is 2.62. The number of carbonyl (C=O) groups is 2. The quantitative estimate of drug-likeness (QED) is 0.779. The van der Waals surface area contributed by atoms with Gasteiger partial charge >= 0.3 is 12.2 Å². The first-order valence-electron chi connectivity index (χ1n) is 8.08. The van der Waals surface area contributed by atoms with E-state index >= 15 is 0 Å². The minimum absolute atomic E-state index is 0.0929. The van der Waals surface area contributed by atoms with Gasteiger partial charge in [0.15, 0.2) is 0 Å². The monoisotopic (exact) mass is 336 g/mol. The molecule has 1 aromatic rings. The molecule has 2 rings (SSSR count). The molecular weight excluding hydrogens is 312 g/mol. The van der Waals surface area contributed by atoms with Gasteiger partial charge in [-0.25, -0.2) is 9.59 Å². The number of piperidine rings is 1. The van der Waals surface area contributed by atoms with Crippen LogP contribution < -0.4 is 5.32 Å². The molecule has 0 aliphatic carbocycles. The number of ether oxygens (including phenoxy) is 2. The molecule has 2 amide bonds. The highest BCUT2D eigenvalue weighted by molar-refractivity contribution is 5.66. The number of nitrogens with one attached hydrogen (secondary N) is 1. The number of hydrogen-bond donors (Lipinski definition) is 2. The number of likely N-dealkylation sites (tertiary alicyclic amines) is 1. The molecule has 1 aliphatic rings. The van der Waals surface area contributed by atoms with Gasteiger partial charge in [0.1, 0.15) is 0 Å². The number of carboxylic acid groups (broad SMARTS) is 1. The van der Waals surface area contributed by atoms with E-state index < -0.39 is 12.2 Å². The molecule has 0 spiro atoms. The Labute approximate surface area is 141 Å². The molecule has 2 N–H and O–H groups in total. The van der Waals surface area contributed by atoms with E-state index in [1.165, 1.54) is 12.0 Å². The Morgan fingerprint density at radius 1 is 1.38 bits per heavy atom. The predicted molar refractivity (Wildman–Crippen MR) is 87.9 cm³/mol. The zero-order chi connectivity index (χ0) is 17.4. The summed E-state index contributed by atoms with van der Waals surface area (Å²) in [4.78, 5) is 23.8. The van der Waals surface area contributed by atoms with Crippen molar-refractivity contribution in [2.75, 3.05) is 33.4 Å². The Bertz CT molecular complexity index is 537. The van der Waals surface area contributed by atoms with Crippen LogP contribution >= 0.6 is 0 Å². The van der Waals surface area contributed by atoms with Gasteiger partial charge in [-0.05, 0) is 18.4 Å². The summed E-state index contributed by atoms with van der Waals surface area (Å²) in [7, 11) is 1.31. The fourth-order valence-electron chi connectivity index (χ4n) is 2.99. The topological polar surface area (TPSA) is 88.1 Å². The Morgan fingerprint density at radius 2 is 2.12 bits per heavy atom. The summed E-state index contributed by atoms with van der Waals surface area (Å²) in [6, 6.07) is 9.78. The van der Waals surface area contributed by atoms with E-state index in [0.717, 1.165) is 18.4 Å². The van der Waals surface area contributed by atoms with Gasteiger partial charge in [0.2, 0.25) is 0 Å². The van der Waals surface area contributed by atoms with Crippen molar-refractivity contribution in [3.8, 4) is 0 Å². The highest BCUT2D eigenvalue weighted by Crippen LogP contribution is 2.32. The van der Waals surface area contributed by atoms with Crippen LogP contribution in [0.25, 0.3) is 0 Å². The fourth-order valence-corrected chi connectivity index (χ4v) is 2.99. The molecule has 0 saturated carbocycles. The molecule has 2 atom stereocenters. The van der Waals surface area contributed by atoms with Crippen LogP contribution in [0.1, 0.15) is 24.5 Å². The highest BCUT2D eigenvalue weighted by Gasteiger charge is 2.30.